The minimum absolute atomic E-state index is 0.0441. The van der Waals surface area contributed by atoms with Gasteiger partial charge in [0.2, 0.25) is 0 Å². The maximum absolute atomic E-state index is 12.2. The van der Waals surface area contributed by atoms with E-state index in [0.29, 0.717) is 33.1 Å². The van der Waals surface area contributed by atoms with Gasteiger partial charge in [0.15, 0.2) is 11.2 Å². The third-order valence-corrected chi connectivity index (χ3v) is 4.85. The fourth-order valence-electron chi connectivity index (χ4n) is 2.59. The lowest BCUT2D eigenvalue weighted by atomic mass is 10.1. The van der Waals surface area contributed by atoms with E-state index in [1.54, 1.807) is 37.3 Å². The standard InChI is InChI=1S/C17H15N3O5S/c1-9(2)25-16(22)15-10(3)19-13(8-21)14(18-17(19)26-15)11-4-6-12(7-5-11)20(23)24/h4-9H,1-3H3. The van der Waals surface area contributed by atoms with Crippen LogP contribution in [-0.2, 0) is 4.74 Å². The van der Waals surface area contributed by atoms with Gasteiger partial charge in [-0.1, -0.05) is 11.3 Å². The Hall–Kier alpha value is -3.07. The molecule has 3 rings (SSSR count). The van der Waals surface area contributed by atoms with Crippen molar-refractivity contribution in [2.24, 2.45) is 0 Å². The number of nitrogens with zero attached hydrogens (tertiary/aromatic N) is 3. The molecule has 0 radical (unpaired) electrons. The maximum atomic E-state index is 12.2. The van der Waals surface area contributed by atoms with E-state index in [2.05, 4.69) is 4.98 Å². The average Bonchev–Trinajstić information content (AvgIpc) is 3.11. The fraction of sp³-hybridized carbons (Fsp3) is 0.235. The Morgan fingerprint density at radius 2 is 2.00 bits per heavy atom. The van der Waals surface area contributed by atoms with E-state index in [9.17, 15) is 19.7 Å². The number of nitro benzene ring substituents is 1. The molecule has 2 heterocycles. The summed E-state index contributed by atoms with van der Waals surface area (Å²) in [7, 11) is 0. The van der Waals surface area contributed by atoms with E-state index in [0.717, 1.165) is 11.3 Å². The molecule has 8 nitrogen and oxygen atoms in total. The number of aldehydes is 1. The summed E-state index contributed by atoms with van der Waals surface area (Å²) < 4.78 is 6.82. The molecular weight excluding hydrogens is 358 g/mol. The van der Waals surface area contributed by atoms with Gasteiger partial charge in [0.1, 0.15) is 16.3 Å². The van der Waals surface area contributed by atoms with Crippen LogP contribution in [0.4, 0.5) is 5.69 Å². The first kappa shape index (κ1) is 17.7. The lowest BCUT2D eigenvalue weighted by Crippen LogP contribution is -2.11. The normalized spacial score (nSPS) is 11.1. The summed E-state index contributed by atoms with van der Waals surface area (Å²) in [6, 6.07) is 5.80. The summed E-state index contributed by atoms with van der Waals surface area (Å²) in [5, 5.41) is 10.8. The van der Waals surface area contributed by atoms with E-state index in [1.165, 1.54) is 12.1 Å². The Morgan fingerprint density at radius 3 is 2.54 bits per heavy atom. The first-order chi connectivity index (χ1) is 12.3. The number of ether oxygens (including phenoxy) is 1. The summed E-state index contributed by atoms with van der Waals surface area (Å²) in [4.78, 5) is 39.5. The number of aromatic nitrogens is 2. The number of hydrogen-bond acceptors (Lipinski definition) is 7. The van der Waals surface area contributed by atoms with Crippen molar-refractivity contribution in [3.8, 4) is 11.3 Å². The highest BCUT2D eigenvalue weighted by Crippen LogP contribution is 2.31. The van der Waals surface area contributed by atoms with Crippen LogP contribution in [0.5, 0.6) is 0 Å². The highest BCUT2D eigenvalue weighted by Gasteiger charge is 2.24. The van der Waals surface area contributed by atoms with Gasteiger partial charge >= 0.3 is 5.97 Å². The number of nitro groups is 1. The van der Waals surface area contributed by atoms with Crippen molar-refractivity contribution in [3.05, 3.63) is 50.6 Å². The minimum Gasteiger partial charge on any atom is -0.459 e. The Bertz CT molecular complexity index is 1020. The van der Waals surface area contributed by atoms with Gasteiger partial charge in [-0.25, -0.2) is 9.78 Å². The molecule has 0 aliphatic heterocycles. The van der Waals surface area contributed by atoms with Gasteiger partial charge < -0.3 is 4.74 Å². The van der Waals surface area contributed by atoms with Crippen LogP contribution in [0, 0.1) is 17.0 Å². The lowest BCUT2D eigenvalue weighted by Gasteiger charge is -2.06. The molecule has 0 saturated carbocycles. The van der Waals surface area contributed by atoms with E-state index >= 15 is 0 Å². The Kier molecular flexibility index (Phi) is 4.56. The molecule has 0 bridgehead atoms. The second kappa shape index (κ2) is 6.68. The van der Waals surface area contributed by atoms with Crippen molar-refractivity contribution in [2.45, 2.75) is 26.9 Å². The Balaban J connectivity index is 2.10. The summed E-state index contributed by atoms with van der Waals surface area (Å²) in [5.41, 5.74) is 1.80. The number of thiazole rings is 1. The van der Waals surface area contributed by atoms with E-state index in [1.807, 2.05) is 0 Å². The molecule has 2 aromatic heterocycles. The molecule has 26 heavy (non-hydrogen) atoms. The van der Waals surface area contributed by atoms with Crippen LogP contribution < -0.4 is 0 Å². The molecule has 0 atom stereocenters. The molecule has 1 aromatic carbocycles. The summed E-state index contributed by atoms with van der Waals surface area (Å²) in [5.74, 6) is -0.457. The predicted molar refractivity (Wildman–Crippen MR) is 95.8 cm³/mol. The number of carbonyl (C=O) groups excluding carboxylic acids is 2. The quantitative estimate of drug-likeness (QED) is 0.293. The van der Waals surface area contributed by atoms with Crippen molar-refractivity contribution in [3.63, 3.8) is 0 Å². The van der Waals surface area contributed by atoms with Gasteiger partial charge in [-0.3, -0.25) is 19.3 Å². The molecule has 0 fully saturated rings. The van der Waals surface area contributed by atoms with Crippen LogP contribution in [0.2, 0.25) is 0 Å². The van der Waals surface area contributed by atoms with Crippen molar-refractivity contribution in [1.29, 1.82) is 0 Å². The zero-order valence-electron chi connectivity index (χ0n) is 14.3. The SMILES string of the molecule is Cc1c(C(=O)OC(C)C)sc2nc(-c3ccc([N+](=O)[O-])cc3)c(C=O)n12. The van der Waals surface area contributed by atoms with E-state index in [-0.39, 0.29) is 17.5 Å². The predicted octanol–water partition coefficient (Wildman–Crippen LogP) is 3.66. The molecule has 0 unspecified atom stereocenters. The number of benzene rings is 1. The van der Waals surface area contributed by atoms with Crippen molar-refractivity contribution in [1.82, 2.24) is 9.38 Å². The van der Waals surface area contributed by atoms with Gasteiger partial charge in [0, 0.05) is 23.4 Å². The third kappa shape index (κ3) is 2.97. The zero-order chi connectivity index (χ0) is 19.0. The number of fused-ring (bicyclic) bond motifs is 1. The van der Waals surface area contributed by atoms with Crippen LogP contribution in [0.25, 0.3) is 16.2 Å². The minimum atomic E-state index is -0.493. The van der Waals surface area contributed by atoms with Crippen LogP contribution >= 0.6 is 11.3 Å². The van der Waals surface area contributed by atoms with Crippen LogP contribution in [0.1, 0.15) is 39.7 Å². The molecule has 0 saturated heterocycles. The molecule has 0 N–H and O–H groups in total. The topological polar surface area (TPSA) is 104 Å². The molecule has 0 aliphatic rings. The van der Waals surface area contributed by atoms with Crippen LogP contribution in [-0.4, -0.2) is 32.7 Å². The second-order valence-corrected chi connectivity index (χ2v) is 6.83. The van der Waals surface area contributed by atoms with E-state index < -0.39 is 10.9 Å². The summed E-state index contributed by atoms with van der Waals surface area (Å²) in [6.45, 7) is 5.24. The second-order valence-electron chi connectivity index (χ2n) is 5.86. The number of hydrogen-bond donors (Lipinski definition) is 0. The summed E-state index contributed by atoms with van der Waals surface area (Å²) >= 11 is 1.14. The van der Waals surface area contributed by atoms with Crippen LogP contribution in [0.3, 0.4) is 0 Å². The number of esters is 1. The number of carbonyl (C=O) groups is 2. The highest BCUT2D eigenvalue weighted by molar-refractivity contribution is 7.19. The monoisotopic (exact) mass is 373 g/mol. The lowest BCUT2D eigenvalue weighted by molar-refractivity contribution is -0.384. The Morgan fingerprint density at radius 1 is 1.35 bits per heavy atom. The maximum Gasteiger partial charge on any atom is 0.350 e. The summed E-state index contributed by atoms with van der Waals surface area (Å²) in [6.07, 6.45) is 0.408. The smallest absolute Gasteiger partial charge is 0.350 e. The van der Waals surface area contributed by atoms with E-state index in [4.69, 9.17) is 4.74 Å². The number of imidazole rings is 1. The van der Waals surface area contributed by atoms with Crippen molar-refractivity contribution >= 4 is 34.2 Å². The van der Waals surface area contributed by atoms with Gasteiger partial charge in [-0.15, -0.1) is 0 Å². The average molecular weight is 373 g/mol. The molecule has 0 aliphatic carbocycles. The Labute approximate surface area is 152 Å². The van der Waals surface area contributed by atoms with Gasteiger partial charge in [-0.2, -0.15) is 0 Å². The largest absolute Gasteiger partial charge is 0.459 e. The molecule has 134 valence electrons. The number of aryl methyl sites for hydroxylation is 1. The highest BCUT2D eigenvalue weighted by atomic mass is 32.1. The first-order valence-electron chi connectivity index (χ1n) is 7.76. The van der Waals surface area contributed by atoms with Crippen molar-refractivity contribution in [2.75, 3.05) is 0 Å². The zero-order valence-corrected chi connectivity index (χ0v) is 15.1. The first-order valence-corrected chi connectivity index (χ1v) is 8.58. The molecule has 0 amide bonds. The van der Waals surface area contributed by atoms with Gasteiger partial charge in [0.25, 0.3) is 5.69 Å². The number of non-ortho nitro benzene ring substituents is 1. The number of rotatable bonds is 5. The van der Waals surface area contributed by atoms with Gasteiger partial charge in [0.05, 0.1) is 11.0 Å². The molecule has 3 aromatic rings. The fourth-order valence-corrected chi connectivity index (χ4v) is 3.61. The molecule has 0 spiro atoms. The molecule has 9 heteroatoms. The molecular formula is C17H15N3O5S. The van der Waals surface area contributed by atoms with Gasteiger partial charge in [-0.05, 0) is 32.9 Å². The third-order valence-electron chi connectivity index (χ3n) is 3.73. The van der Waals surface area contributed by atoms with Crippen molar-refractivity contribution < 1.29 is 19.2 Å². The van der Waals surface area contributed by atoms with Crippen LogP contribution in [0.15, 0.2) is 24.3 Å².